The lowest BCUT2D eigenvalue weighted by molar-refractivity contribution is -0.137. The summed E-state index contributed by atoms with van der Waals surface area (Å²) >= 11 is 0. The first-order chi connectivity index (χ1) is 7.54. The number of nitrogens with one attached hydrogen (secondary N) is 1. The summed E-state index contributed by atoms with van der Waals surface area (Å²) in [5, 5.41) is 11.5. The van der Waals surface area contributed by atoms with E-state index in [0.717, 1.165) is 6.42 Å². The molecule has 0 radical (unpaired) electrons. The maximum Gasteiger partial charge on any atom is 0.323 e. The van der Waals surface area contributed by atoms with Crippen LogP contribution in [0.25, 0.3) is 0 Å². The molecule has 1 aromatic heterocycles. The third-order valence-electron chi connectivity index (χ3n) is 2.36. The summed E-state index contributed by atoms with van der Waals surface area (Å²) in [6.07, 6.45) is 2.42. The minimum Gasteiger partial charge on any atom is -0.480 e. The number of carboxylic acids is 1. The highest BCUT2D eigenvalue weighted by atomic mass is 16.4. The van der Waals surface area contributed by atoms with Gasteiger partial charge in [0.25, 0.3) is 5.91 Å². The van der Waals surface area contributed by atoms with Crippen LogP contribution in [-0.2, 0) is 11.3 Å². The first-order valence-corrected chi connectivity index (χ1v) is 5.22. The fourth-order valence-corrected chi connectivity index (χ4v) is 1.30. The Morgan fingerprint density at radius 3 is 2.81 bits per heavy atom. The zero-order valence-corrected chi connectivity index (χ0v) is 9.43. The van der Waals surface area contributed by atoms with Crippen LogP contribution in [0.4, 0.5) is 0 Å². The lowest BCUT2D eigenvalue weighted by Crippen LogP contribution is -2.33. The van der Waals surface area contributed by atoms with E-state index < -0.39 is 5.97 Å². The Balaban J connectivity index is 2.75. The van der Waals surface area contributed by atoms with Crippen LogP contribution < -0.4 is 5.32 Å². The fraction of sp³-hybridized carbons (Fsp3) is 0.455. The van der Waals surface area contributed by atoms with E-state index in [0.29, 0.717) is 5.69 Å². The van der Waals surface area contributed by atoms with Gasteiger partial charge in [0.1, 0.15) is 12.2 Å². The summed E-state index contributed by atoms with van der Waals surface area (Å²) in [7, 11) is 0. The molecule has 0 aromatic carbocycles. The number of amides is 1. The lowest BCUT2D eigenvalue weighted by Gasteiger charge is -2.12. The Kier molecular flexibility index (Phi) is 4.10. The average Bonchev–Trinajstić information content (AvgIpc) is 2.64. The van der Waals surface area contributed by atoms with Gasteiger partial charge in [-0.2, -0.15) is 0 Å². The molecule has 0 fully saturated rings. The number of nitrogens with zero attached hydrogens (tertiary/aromatic N) is 1. The van der Waals surface area contributed by atoms with Crippen molar-refractivity contribution in [2.24, 2.45) is 0 Å². The van der Waals surface area contributed by atoms with Gasteiger partial charge in [0.2, 0.25) is 0 Å². The number of hydrogen-bond acceptors (Lipinski definition) is 2. The van der Waals surface area contributed by atoms with Crippen LogP contribution in [0, 0.1) is 0 Å². The van der Waals surface area contributed by atoms with Gasteiger partial charge in [-0.1, -0.05) is 6.92 Å². The molecule has 1 amide bonds. The number of hydrogen-bond donors (Lipinski definition) is 2. The molecule has 2 N–H and O–H groups in total. The predicted octanol–water partition coefficient (Wildman–Crippen LogP) is 1.10. The molecule has 0 bridgehead atoms. The Labute approximate surface area is 94.1 Å². The fourth-order valence-electron chi connectivity index (χ4n) is 1.30. The summed E-state index contributed by atoms with van der Waals surface area (Å²) in [4.78, 5) is 22.3. The molecule has 1 aromatic rings. The van der Waals surface area contributed by atoms with Gasteiger partial charge < -0.3 is 15.0 Å². The van der Waals surface area contributed by atoms with Gasteiger partial charge in [-0.15, -0.1) is 0 Å². The minimum absolute atomic E-state index is 0.0840. The molecule has 0 saturated carbocycles. The Bertz CT molecular complexity index is 384. The molecule has 1 unspecified atom stereocenters. The van der Waals surface area contributed by atoms with E-state index in [-0.39, 0.29) is 18.5 Å². The summed E-state index contributed by atoms with van der Waals surface area (Å²) in [5.41, 5.74) is 0.378. The van der Waals surface area contributed by atoms with E-state index in [2.05, 4.69) is 5.32 Å². The van der Waals surface area contributed by atoms with Gasteiger partial charge in [0.05, 0.1) is 0 Å². The molecule has 1 atom stereocenters. The maximum absolute atomic E-state index is 11.8. The molecule has 0 aliphatic heterocycles. The van der Waals surface area contributed by atoms with E-state index in [1.165, 1.54) is 4.57 Å². The standard InChI is InChI=1S/C11H16N2O3/c1-3-8(2)12-11(16)9-5-4-6-13(9)7-10(14)15/h4-6,8H,3,7H2,1-2H3,(H,12,16)(H,14,15). The Hall–Kier alpha value is -1.78. The Morgan fingerprint density at radius 1 is 1.56 bits per heavy atom. The van der Waals surface area contributed by atoms with Crippen molar-refractivity contribution in [1.29, 1.82) is 0 Å². The average molecular weight is 224 g/mol. The molecular formula is C11H16N2O3. The summed E-state index contributed by atoms with van der Waals surface area (Å²) in [6, 6.07) is 3.36. The first-order valence-electron chi connectivity index (χ1n) is 5.22. The van der Waals surface area contributed by atoms with Crippen molar-refractivity contribution in [3.63, 3.8) is 0 Å². The molecular weight excluding hydrogens is 208 g/mol. The van der Waals surface area contributed by atoms with Crippen LogP contribution in [-0.4, -0.2) is 27.6 Å². The molecule has 0 aliphatic carbocycles. The smallest absolute Gasteiger partial charge is 0.323 e. The zero-order chi connectivity index (χ0) is 12.1. The minimum atomic E-state index is -0.964. The van der Waals surface area contributed by atoms with Crippen molar-refractivity contribution in [2.45, 2.75) is 32.9 Å². The van der Waals surface area contributed by atoms with Gasteiger partial charge in [-0.3, -0.25) is 9.59 Å². The van der Waals surface area contributed by atoms with E-state index in [4.69, 9.17) is 5.11 Å². The molecule has 1 rings (SSSR count). The van der Waals surface area contributed by atoms with Crippen molar-refractivity contribution in [3.05, 3.63) is 24.0 Å². The quantitative estimate of drug-likeness (QED) is 0.786. The van der Waals surface area contributed by atoms with Crippen LogP contribution in [0.15, 0.2) is 18.3 Å². The van der Waals surface area contributed by atoms with Crippen molar-refractivity contribution >= 4 is 11.9 Å². The highest BCUT2D eigenvalue weighted by Crippen LogP contribution is 2.03. The number of carbonyl (C=O) groups excluding carboxylic acids is 1. The Morgan fingerprint density at radius 2 is 2.25 bits per heavy atom. The maximum atomic E-state index is 11.8. The summed E-state index contributed by atoms with van der Waals surface area (Å²) in [6.45, 7) is 3.68. The molecule has 5 heteroatoms. The second-order valence-electron chi connectivity index (χ2n) is 3.70. The molecule has 88 valence electrons. The second kappa shape index (κ2) is 5.34. The van der Waals surface area contributed by atoms with Crippen molar-refractivity contribution in [3.8, 4) is 0 Å². The molecule has 16 heavy (non-hydrogen) atoms. The van der Waals surface area contributed by atoms with Crippen molar-refractivity contribution < 1.29 is 14.7 Å². The second-order valence-corrected chi connectivity index (χ2v) is 3.70. The van der Waals surface area contributed by atoms with Crippen LogP contribution >= 0.6 is 0 Å². The number of carbonyl (C=O) groups is 2. The molecule has 1 heterocycles. The number of aliphatic carboxylic acids is 1. The van der Waals surface area contributed by atoms with Crippen LogP contribution in [0.1, 0.15) is 30.8 Å². The summed E-state index contributed by atoms with van der Waals surface area (Å²) in [5.74, 6) is -1.20. The largest absolute Gasteiger partial charge is 0.480 e. The molecule has 0 spiro atoms. The van der Waals surface area contributed by atoms with E-state index in [1.807, 2.05) is 13.8 Å². The van der Waals surface area contributed by atoms with E-state index >= 15 is 0 Å². The van der Waals surface area contributed by atoms with Gasteiger partial charge in [0.15, 0.2) is 0 Å². The van der Waals surface area contributed by atoms with Gasteiger partial charge >= 0.3 is 5.97 Å². The van der Waals surface area contributed by atoms with Crippen molar-refractivity contribution in [1.82, 2.24) is 9.88 Å². The van der Waals surface area contributed by atoms with Crippen LogP contribution in [0.5, 0.6) is 0 Å². The normalized spacial score (nSPS) is 12.1. The van der Waals surface area contributed by atoms with Crippen LogP contribution in [0.2, 0.25) is 0 Å². The highest BCUT2D eigenvalue weighted by molar-refractivity contribution is 5.93. The van der Waals surface area contributed by atoms with E-state index in [9.17, 15) is 9.59 Å². The molecule has 5 nitrogen and oxygen atoms in total. The SMILES string of the molecule is CCC(C)NC(=O)c1cccn1CC(=O)O. The van der Waals surface area contributed by atoms with Gasteiger partial charge in [-0.25, -0.2) is 0 Å². The predicted molar refractivity (Wildman–Crippen MR) is 59.3 cm³/mol. The van der Waals surface area contributed by atoms with Gasteiger partial charge in [0, 0.05) is 12.2 Å². The molecule has 0 saturated heterocycles. The third-order valence-corrected chi connectivity index (χ3v) is 2.36. The van der Waals surface area contributed by atoms with Crippen LogP contribution in [0.3, 0.4) is 0 Å². The zero-order valence-electron chi connectivity index (χ0n) is 9.43. The van der Waals surface area contributed by atoms with Gasteiger partial charge in [-0.05, 0) is 25.5 Å². The number of carboxylic acid groups (broad SMARTS) is 1. The third kappa shape index (κ3) is 3.12. The number of rotatable bonds is 5. The highest BCUT2D eigenvalue weighted by Gasteiger charge is 2.13. The number of aromatic nitrogens is 1. The van der Waals surface area contributed by atoms with E-state index in [1.54, 1.807) is 18.3 Å². The van der Waals surface area contributed by atoms with Crippen molar-refractivity contribution in [2.75, 3.05) is 0 Å². The lowest BCUT2D eigenvalue weighted by atomic mass is 10.2. The topological polar surface area (TPSA) is 71.3 Å². The first kappa shape index (κ1) is 12.3. The molecule has 0 aliphatic rings. The monoisotopic (exact) mass is 224 g/mol. The summed E-state index contributed by atoms with van der Waals surface area (Å²) < 4.78 is 1.42.